The molecular formula is C29H32ClN5O4. The van der Waals surface area contributed by atoms with Gasteiger partial charge in [-0.25, -0.2) is 9.97 Å². The molecule has 2 atom stereocenters. The Morgan fingerprint density at radius 1 is 1.21 bits per heavy atom. The molecule has 0 aliphatic carbocycles. The smallest absolute Gasteiger partial charge is 0.254 e. The number of nitrogens with one attached hydrogen (secondary N) is 2. The van der Waals surface area contributed by atoms with E-state index >= 15 is 0 Å². The van der Waals surface area contributed by atoms with Crippen LogP contribution in [0.3, 0.4) is 0 Å². The van der Waals surface area contributed by atoms with Crippen molar-refractivity contribution in [1.82, 2.24) is 20.2 Å². The van der Waals surface area contributed by atoms with E-state index in [1.54, 1.807) is 12.3 Å². The van der Waals surface area contributed by atoms with Crippen molar-refractivity contribution < 1.29 is 19.4 Å². The molecule has 2 amide bonds. The number of ether oxygens (including phenoxy) is 1. The molecule has 204 valence electrons. The minimum absolute atomic E-state index is 0.115. The number of carbonyl (C=O) groups excluding carboxylic acids is 2. The number of halogens is 1. The summed E-state index contributed by atoms with van der Waals surface area (Å²) in [5.41, 5.74) is 3.39. The molecule has 3 N–H and O–H groups in total. The molecule has 1 aromatic heterocycles. The van der Waals surface area contributed by atoms with Crippen LogP contribution in [0.25, 0.3) is 11.3 Å². The third kappa shape index (κ3) is 6.21. The van der Waals surface area contributed by atoms with Gasteiger partial charge >= 0.3 is 0 Å². The number of hydrogen-bond donors (Lipinski definition) is 3. The van der Waals surface area contributed by atoms with Gasteiger partial charge in [0.15, 0.2) is 0 Å². The first kappa shape index (κ1) is 27.1. The Labute approximate surface area is 232 Å². The number of hydrogen-bond acceptors (Lipinski definition) is 7. The summed E-state index contributed by atoms with van der Waals surface area (Å²) in [6.07, 6.45) is 3.05. The second-order valence-corrected chi connectivity index (χ2v) is 10.3. The van der Waals surface area contributed by atoms with Crippen LogP contribution in [0.4, 0.5) is 5.95 Å². The highest BCUT2D eigenvalue weighted by atomic mass is 35.5. The van der Waals surface area contributed by atoms with Gasteiger partial charge in [0.2, 0.25) is 11.9 Å². The van der Waals surface area contributed by atoms with Crippen LogP contribution in [0.1, 0.15) is 53.7 Å². The van der Waals surface area contributed by atoms with E-state index in [1.165, 1.54) is 4.90 Å². The predicted octanol–water partition coefficient (Wildman–Crippen LogP) is 3.97. The average molecular weight is 550 g/mol. The summed E-state index contributed by atoms with van der Waals surface area (Å²) in [6.45, 7) is 3.47. The monoisotopic (exact) mass is 549 g/mol. The van der Waals surface area contributed by atoms with Crippen molar-refractivity contribution in [2.45, 2.75) is 50.9 Å². The average Bonchev–Trinajstić information content (AvgIpc) is 3.27. The third-order valence-corrected chi connectivity index (χ3v) is 7.45. The molecule has 2 aliphatic heterocycles. The lowest BCUT2D eigenvalue weighted by Crippen LogP contribution is -2.42. The Morgan fingerprint density at radius 2 is 1.97 bits per heavy atom. The van der Waals surface area contributed by atoms with E-state index in [4.69, 9.17) is 16.3 Å². The zero-order chi connectivity index (χ0) is 27.4. The van der Waals surface area contributed by atoms with Gasteiger partial charge in [0.1, 0.15) is 6.54 Å². The molecule has 1 fully saturated rings. The summed E-state index contributed by atoms with van der Waals surface area (Å²) in [5, 5.41) is 17.2. The Morgan fingerprint density at radius 3 is 2.72 bits per heavy atom. The molecule has 5 rings (SSSR count). The van der Waals surface area contributed by atoms with Crippen molar-refractivity contribution in [2.24, 2.45) is 0 Å². The molecule has 39 heavy (non-hydrogen) atoms. The summed E-state index contributed by atoms with van der Waals surface area (Å²) < 4.78 is 5.42. The molecule has 2 aliphatic rings. The molecule has 9 nitrogen and oxygen atoms in total. The number of anilines is 1. The maximum absolute atomic E-state index is 13.3. The van der Waals surface area contributed by atoms with Crippen molar-refractivity contribution in [1.29, 1.82) is 0 Å². The minimum atomic E-state index is -0.742. The fourth-order valence-corrected chi connectivity index (χ4v) is 5.19. The zero-order valence-corrected chi connectivity index (χ0v) is 22.5. The molecule has 0 radical (unpaired) electrons. The molecule has 0 saturated carbocycles. The number of aliphatic hydroxyl groups is 1. The van der Waals surface area contributed by atoms with Gasteiger partial charge < -0.3 is 25.4 Å². The van der Waals surface area contributed by atoms with Gasteiger partial charge in [0, 0.05) is 36.9 Å². The van der Waals surface area contributed by atoms with Gasteiger partial charge in [-0.1, -0.05) is 61.0 Å². The van der Waals surface area contributed by atoms with Crippen LogP contribution in [-0.2, 0) is 16.1 Å². The SMILES string of the molecule is CC[C@H](O)[C@@H](NC(=O)CN1Cc2ccc(-c3nc(NC4CCOCC4)ncc3Cl)cc2C1=O)c1ccccc1. The number of rotatable bonds is 9. The summed E-state index contributed by atoms with van der Waals surface area (Å²) in [4.78, 5) is 36.7. The number of amides is 2. The highest BCUT2D eigenvalue weighted by molar-refractivity contribution is 6.33. The van der Waals surface area contributed by atoms with Gasteiger partial charge in [0.05, 0.1) is 29.1 Å². The van der Waals surface area contributed by atoms with Crippen LogP contribution in [0.15, 0.2) is 54.7 Å². The van der Waals surface area contributed by atoms with Gasteiger partial charge in [-0.15, -0.1) is 0 Å². The van der Waals surface area contributed by atoms with Gasteiger partial charge in [-0.3, -0.25) is 9.59 Å². The highest BCUT2D eigenvalue weighted by Crippen LogP contribution is 2.32. The fourth-order valence-electron chi connectivity index (χ4n) is 4.99. The van der Waals surface area contributed by atoms with Crippen LogP contribution in [0.2, 0.25) is 5.02 Å². The van der Waals surface area contributed by atoms with Crippen molar-refractivity contribution >= 4 is 29.4 Å². The Balaban J connectivity index is 1.28. The second-order valence-electron chi connectivity index (χ2n) is 9.89. The lowest BCUT2D eigenvalue weighted by atomic mass is 9.99. The minimum Gasteiger partial charge on any atom is -0.391 e. The third-order valence-electron chi connectivity index (χ3n) is 7.17. The zero-order valence-electron chi connectivity index (χ0n) is 21.8. The lowest BCUT2D eigenvalue weighted by molar-refractivity contribution is -0.123. The van der Waals surface area contributed by atoms with Gasteiger partial charge in [0.25, 0.3) is 5.91 Å². The number of aromatic nitrogens is 2. The predicted molar refractivity (Wildman–Crippen MR) is 148 cm³/mol. The molecule has 2 aromatic carbocycles. The first-order chi connectivity index (χ1) is 18.9. The maximum Gasteiger partial charge on any atom is 0.254 e. The molecule has 3 heterocycles. The maximum atomic E-state index is 13.3. The van der Waals surface area contributed by atoms with Gasteiger partial charge in [-0.05, 0) is 36.5 Å². The van der Waals surface area contributed by atoms with Crippen LogP contribution in [-0.4, -0.2) is 63.7 Å². The van der Waals surface area contributed by atoms with Crippen LogP contribution < -0.4 is 10.6 Å². The summed E-state index contributed by atoms with van der Waals surface area (Å²) in [7, 11) is 0. The normalized spacial score (nSPS) is 17.0. The second kappa shape index (κ2) is 12.1. The van der Waals surface area contributed by atoms with Crippen LogP contribution in [0, 0.1) is 0 Å². The topological polar surface area (TPSA) is 117 Å². The first-order valence-corrected chi connectivity index (χ1v) is 13.6. The van der Waals surface area contributed by atoms with E-state index in [1.807, 2.05) is 49.4 Å². The number of benzene rings is 2. The number of nitrogens with zero attached hydrogens (tertiary/aromatic N) is 3. The van der Waals surface area contributed by atoms with Crippen molar-refractivity contribution in [3.8, 4) is 11.3 Å². The van der Waals surface area contributed by atoms with E-state index in [2.05, 4.69) is 20.6 Å². The molecule has 1 saturated heterocycles. The molecular weight excluding hydrogens is 518 g/mol. The van der Waals surface area contributed by atoms with Crippen LogP contribution in [0.5, 0.6) is 0 Å². The van der Waals surface area contributed by atoms with Crippen molar-refractivity contribution in [2.75, 3.05) is 25.1 Å². The molecule has 0 unspecified atom stereocenters. The lowest BCUT2D eigenvalue weighted by Gasteiger charge is -2.25. The summed E-state index contributed by atoms with van der Waals surface area (Å²) in [6, 6.07) is 14.5. The fraction of sp³-hybridized carbons (Fsp3) is 0.379. The molecule has 0 spiro atoms. The van der Waals surface area contributed by atoms with E-state index in [-0.39, 0.29) is 24.4 Å². The Kier molecular flexibility index (Phi) is 8.40. The van der Waals surface area contributed by atoms with Crippen molar-refractivity contribution in [3.05, 3.63) is 76.4 Å². The van der Waals surface area contributed by atoms with E-state index in [0.29, 0.717) is 54.0 Å². The Hall–Kier alpha value is -3.53. The standard InChI is InChI=1S/C29H32ClN5O4/c1-2-24(36)27(18-6-4-3-5-7-18)33-25(37)17-35-16-20-9-8-19(14-22(20)28(35)38)26-23(30)15-31-29(34-26)32-21-10-12-39-13-11-21/h3-9,14-15,21,24,27,36H,2,10-13,16-17H2,1H3,(H,33,37)(H,31,32,34)/t24-,27-/m0/s1. The summed E-state index contributed by atoms with van der Waals surface area (Å²) >= 11 is 6.45. The molecule has 3 aromatic rings. The van der Waals surface area contributed by atoms with E-state index in [9.17, 15) is 14.7 Å². The summed E-state index contributed by atoms with van der Waals surface area (Å²) in [5.74, 6) is -0.0888. The van der Waals surface area contributed by atoms with Crippen LogP contribution >= 0.6 is 11.6 Å². The van der Waals surface area contributed by atoms with Gasteiger partial charge in [-0.2, -0.15) is 0 Å². The van der Waals surface area contributed by atoms with E-state index in [0.717, 1.165) is 24.0 Å². The molecule has 0 bridgehead atoms. The number of aliphatic hydroxyl groups excluding tert-OH is 1. The van der Waals surface area contributed by atoms with E-state index < -0.39 is 12.1 Å². The Bertz CT molecular complexity index is 1330. The number of fused-ring (bicyclic) bond motifs is 1. The number of carbonyl (C=O) groups is 2. The largest absolute Gasteiger partial charge is 0.391 e. The first-order valence-electron chi connectivity index (χ1n) is 13.2. The highest BCUT2D eigenvalue weighted by Gasteiger charge is 2.31. The molecule has 10 heteroatoms. The van der Waals surface area contributed by atoms with Crippen molar-refractivity contribution in [3.63, 3.8) is 0 Å². The quantitative estimate of drug-likeness (QED) is 0.370.